The van der Waals surface area contributed by atoms with E-state index < -0.39 is 0 Å². The summed E-state index contributed by atoms with van der Waals surface area (Å²) in [5, 5.41) is 10.0. The molecule has 68 valence electrons. The molecule has 0 spiro atoms. The van der Waals surface area contributed by atoms with Gasteiger partial charge in [-0.2, -0.15) is 0 Å². The Morgan fingerprint density at radius 2 is 2.23 bits per heavy atom. The minimum absolute atomic E-state index is 0.0216. The van der Waals surface area contributed by atoms with Gasteiger partial charge in [0.1, 0.15) is 0 Å². The molecule has 0 aliphatic rings. The maximum Gasteiger partial charge on any atom is 0.0624 e. The third-order valence-corrected chi connectivity index (χ3v) is 2.20. The third-order valence-electron chi connectivity index (χ3n) is 2.20. The number of fused-ring (bicyclic) bond motifs is 1. The van der Waals surface area contributed by atoms with Gasteiger partial charge in [-0.1, -0.05) is 12.1 Å². The van der Waals surface area contributed by atoms with E-state index in [2.05, 4.69) is 4.98 Å². The first-order valence-corrected chi connectivity index (χ1v) is 4.25. The summed E-state index contributed by atoms with van der Waals surface area (Å²) in [5.41, 5.74) is 7.70. The predicted molar refractivity (Wildman–Crippen MR) is 52.3 cm³/mol. The number of aliphatic hydroxyl groups is 1. The Labute approximate surface area is 76.2 Å². The van der Waals surface area contributed by atoms with Gasteiger partial charge < -0.3 is 15.8 Å². The number of hydrogen-bond donors (Lipinski definition) is 3. The quantitative estimate of drug-likeness (QED) is 0.643. The Bertz CT molecular complexity index is 408. The normalized spacial score (nSPS) is 13.4. The lowest BCUT2D eigenvalue weighted by atomic mass is 10.1. The van der Waals surface area contributed by atoms with Crippen LogP contribution in [0.4, 0.5) is 0 Å². The Hall–Kier alpha value is -1.32. The second-order valence-corrected chi connectivity index (χ2v) is 3.11. The fraction of sp³-hybridized carbons (Fsp3) is 0.200. The van der Waals surface area contributed by atoms with Gasteiger partial charge in [-0.3, -0.25) is 0 Å². The number of aliphatic hydroxyl groups excluding tert-OH is 1. The molecule has 0 fully saturated rings. The fourth-order valence-corrected chi connectivity index (χ4v) is 1.40. The number of nitrogens with two attached hydrogens (primary N) is 1. The summed E-state index contributed by atoms with van der Waals surface area (Å²) in [5.74, 6) is 0. The monoisotopic (exact) mass is 176 g/mol. The van der Waals surface area contributed by atoms with Gasteiger partial charge in [-0.05, 0) is 23.1 Å². The van der Waals surface area contributed by atoms with Gasteiger partial charge in [0.05, 0.1) is 12.6 Å². The average Bonchev–Trinajstić information content (AvgIpc) is 2.63. The summed E-state index contributed by atoms with van der Waals surface area (Å²) in [6, 6.07) is 7.63. The zero-order valence-electron chi connectivity index (χ0n) is 7.20. The number of nitrogens with one attached hydrogen (secondary N) is 1. The largest absolute Gasteiger partial charge is 0.394 e. The second kappa shape index (κ2) is 3.20. The van der Waals surface area contributed by atoms with Crippen molar-refractivity contribution in [3.05, 3.63) is 36.0 Å². The smallest absolute Gasteiger partial charge is 0.0624 e. The number of aromatic nitrogens is 1. The molecule has 13 heavy (non-hydrogen) atoms. The molecule has 0 radical (unpaired) electrons. The lowest BCUT2D eigenvalue weighted by Gasteiger charge is -2.07. The van der Waals surface area contributed by atoms with Crippen LogP contribution in [0.25, 0.3) is 10.9 Å². The highest BCUT2D eigenvalue weighted by Crippen LogP contribution is 2.17. The van der Waals surface area contributed by atoms with Crippen molar-refractivity contribution in [1.29, 1.82) is 0 Å². The van der Waals surface area contributed by atoms with Crippen LogP contribution in [-0.4, -0.2) is 16.7 Å². The predicted octanol–water partition coefficient (Wildman–Crippen LogP) is 1.16. The molecule has 3 nitrogen and oxygen atoms in total. The maximum absolute atomic E-state index is 8.88. The van der Waals surface area contributed by atoms with Gasteiger partial charge in [0.15, 0.2) is 0 Å². The van der Waals surface area contributed by atoms with Gasteiger partial charge in [-0.15, -0.1) is 0 Å². The van der Waals surface area contributed by atoms with Crippen molar-refractivity contribution in [2.24, 2.45) is 5.73 Å². The van der Waals surface area contributed by atoms with E-state index in [-0.39, 0.29) is 12.6 Å². The number of rotatable bonds is 2. The molecule has 4 N–H and O–H groups in total. The van der Waals surface area contributed by atoms with Crippen LogP contribution in [0.1, 0.15) is 11.6 Å². The van der Waals surface area contributed by atoms with E-state index in [1.54, 1.807) is 0 Å². The van der Waals surface area contributed by atoms with Crippen molar-refractivity contribution in [2.45, 2.75) is 6.04 Å². The first-order valence-electron chi connectivity index (χ1n) is 4.25. The SMILES string of the molecule is NC(CO)c1ccc2cc[nH]c2c1. The molecule has 0 aliphatic carbocycles. The van der Waals surface area contributed by atoms with Gasteiger partial charge >= 0.3 is 0 Å². The van der Waals surface area contributed by atoms with Gasteiger partial charge in [0.25, 0.3) is 0 Å². The third kappa shape index (κ3) is 1.43. The van der Waals surface area contributed by atoms with E-state index in [0.29, 0.717) is 0 Å². The molecule has 0 bridgehead atoms. The first kappa shape index (κ1) is 8.29. The van der Waals surface area contributed by atoms with E-state index in [0.717, 1.165) is 16.5 Å². The van der Waals surface area contributed by atoms with E-state index in [1.165, 1.54) is 0 Å². The van der Waals surface area contributed by atoms with E-state index in [9.17, 15) is 0 Å². The minimum atomic E-state index is -0.285. The van der Waals surface area contributed by atoms with Crippen LogP contribution < -0.4 is 5.73 Å². The molecular weight excluding hydrogens is 164 g/mol. The summed E-state index contributed by atoms with van der Waals surface area (Å²) >= 11 is 0. The highest BCUT2D eigenvalue weighted by atomic mass is 16.3. The highest BCUT2D eigenvalue weighted by Gasteiger charge is 2.04. The van der Waals surface area contributed by atoms with E-state index in [1.807, 2.05) is 30.5 Å². The van der Waals surface area contributed by atoms with Crippen LogP contribution in [0.3, 0.4) is 0 Å². The summed E-state index contributed by atoms with van der Waals surface area (Å²) in [6.07, 6.45) is 1.89. The average molecular weight is 176 g/mol. The molecule has 3 heteroatoms. The van der Waals surface area contributed by atoms with Crippen molar-refractivity contribution < 1.29 is 5.11 Å². The molecule has 2 rings (SSSR count). The molecule has 1 aromatic carbocycles. The zero-order valence-corrected chi connectivity index (χ0v) is 7.20. The van der Waals surface area contributed by atoms with Crippen LogP contribution in [-0.2, 0) is 0 Å². The topological polar surface area (TPSA) is 62.0 Å². The molecule has 0 amide bonds. The molecule has 0 saturated carbocycles. The van der Waals surface area contributed by atoms with Crippen molar-refractivity contribution in [1.82, 2.24) is 4.98 Å². The van der Waals surface area contributed by atoms with Gasteiger partial charge in [0, 0.05) is 11.7 Å². The molecule has 0 aliphatic heterocycles. The number of aromatic amines is 1. The second-order valence-electron chi connectivity index (χ2n) is 3.11. The molecule has 2 aromatic rings. The summed E-state index contributed by atoms with van der Waals surface area (Å²) in [7, 11) is 0. The Kier molecular flexibility index (Phi) is 2.04. The van der Waals surface area contributed by atoms with E-state index in [4.69, 9.17) is 10.8 Å². The van der Waals surface area contributed by atoms with Gasteiger partial charge in [0.2, 0.25) is 0 Å². The van der Waals surface area contributed by atoms with Crippen LogP contribution >= 0.6 is 0 Å². The minimum Gasteiger partial charge on any atom is -0.394 e. The molecule has 0 saturated heterocycles. The van der Waals surface area contributed by atoms with Crippen molar-refractivity contribution >= 4 is 10.9 Å². The highest BCUT2D eigenvalue weighted by molar-refractivity contribution is 5.79. The first-order chi connectivity index (χ1) is 6.31. The summed E-state index contributed by atoms with van der Waals surface area (Å²) in [4.78, 5) is 3.10. The van der Waals surface area contributed by atoms with Crippen LogP contribution in [0.5, 0.6) is 0 Å². The standard InChI is InChI=1S/C10H12N2O/c11-9(6-13)8-2-1-7-3-4-12-10(7)5-8/h1-5,9,12-13H,6,11H2. The number of benzene rings is 1. The number of hydrogen-bond acceptors (Lipinski definition) is 2. The Morgan fingerprint density at radius 3 is 3.00 bits per heavy atom. The van der Waals surface area contributed by atoms with Crippen molar-refractivity contribution in [2.75, 3.05) is 6.61 Å². The summed E-state index contributed by atoms with van der Waals surface area (Å²) in [6.45, 7) is -0.0216. The molecule has 1 atom stereocenters. The maximum atomic E-state index is 8.88. The lowest BCUT2D eigenvalue weighted by molar-refractivity contribution is 0.268. The number of H-pyrrole nitrogens is 1. The Morgan fingerprint density at radius 1 is 1.38 bits per heavy atom. The zero-order chi connectivity index (χ0) is 9.26. The van der Waals surface area contributed by atoms with Crippen LogP contribution in [0.15, 0.2) is 30.5 Å². The molecule has 1 aromatic heterocycles. The Balaban J connectivity index is 2.48. The van der Waals surface area contributed by atoms with Crippen molar-refractivity contribution in [3.8, 4) is 0 Å². The van der Waals surface area contributed by atoms with Crippen LogP contribution in [0.2, 0.25) is 0 Å². The fourth-order valence-electron chi connectivity index (χ4n) is 1.40. The van der Waals surface area contributed by atoms with E-state index >= 15 is 0 Å². The van der Waals surface area contributed by atoms with Crippen molar-refractivity contribution in [3.63, 3.8) is 0 Å². The molecular formula is C10H12N2O. The molecule has 1 unspecified atom stereocenters. The van der Waals surface area contributed by atoms with Gasteiger partial charge in [-0.25, -0.2) is 0 Å². The lowest BCUT2D eigenvalue weighted by Crippen LogP contribution is -2.14. The summed E-state index contributed by atoms with van der Waals surface area (Å²) < 4.78 is 0. The molecule has 1 heterocycles. The van der Waals surface area contributed by atoms with Crippen LogP contribution in [0, 0.1) is 0 Å².